The average molecular weight is 447 g/mol. The number of furan rings is 1. The van der Waals surface area contributed by atoms with Crippen molar-refractivity contribution in [2.75, 3.05) is 65.6 Å². The van der Waals surface area contributed by atoms with Crippen LogP contribution in [0, 0.1) is 0 Å². The molecule has 168 valence electrons. The average Bonchev–Trinajstić information content (AvgIpc) is 3.49. The van der Waals surface area contributed by atoms with Crippen LogP contribution in [0.15, 0.2) is 40.3 Å². The molecule has 0 saturated carbocycles. The normalized spacial score (nSPS) is 18.0. The number of nitrogens with zero attached hydrogens (tertiary/aromatic N) is 4. The van der Waals surface area contributed by atoms with Gasteiger partial charge in [0.05, 0.1) is 39.1 Å². The fraction of sp³-hybridized carbons (Fsp3) is 0.545. The topological polar surface area (TPSA) is 69.5 Å². The fourth-order valence-electron chi connectivity index (χ4n) is 3.96. The lowest BCUT2D eigenvalue weighted by Crippen LogP contribution is -2.53. The summed E-state index contributed by atoms with van der Waals surface area (Å²) in [7, 11) is 0. The highest BCUT2D eigenvalue weighted by Gasteiger charge is 2.26. The third kappa shape index (κ3) is 6.39. The molecule has 4 rings (SSSR count). The van der Waals surface area contributed by atoms with Crippen LogP contribution < -0.4 is 0 Å². The lowest BCUT2D eigenvalue weighted by Gasteiger charge is -2.36. The van der Waals surface area contributed by atoms with Gasteiger partial charge in [-0.1, -0.05) is 6.07 Å². The first-order valence-corrected chi connectivity index (χ1v) is 11.7. The highest BCUT2D eigenvalue weighted by Crippen LogP contribution is 2.15. The van der Waals surface area contributed by atoms with E-state index in [1.807, 2.05) is 28.0 Å². The van der Waals surface area contributed by atoms with Crippen molar-refractivity contribution in [1.29, 1.82) is 0 Å². The molecule has 0 atom stereocenters. The van der Waals surface area contributed by atoms with E-state index in [1.54, 1.807) is 17.6 Å². The van der Waals surface area contributed by atoms with Gasteiger partial charge in [-0.15, -0.1) is 11.3 Å². The van der Waals surface area contributed by atoms with Gasteiger partial charge in [-0.05, 0) is 23.6 Å². The van der Waals surface area contributed by atoms with Gasteiger partial charge >= 0.3 is 0 Å². The molecule has 9 heteroatoms. The Hall–Kier alpha value is -2.20. The number of rotatable bonds is 8. The van der Waals surface area contributed by atoms with Crippen LogP contribution in [0.25, 0.3) is 0 Å². The molecule has 2 aliphatic heterocycles. The van der Waals surface area contributed by atoms with E-state index in [0.29, 0.717) is 59.0 Å². The van der Waals surface area contributed by atoms with Crippen molar-refractivity contribution >= 4 is 23.2 Å². The first kappa shape index (κ1) is 22.0. The molecule has 2 saturated heterocycles. The first-order valence-electron chi connectivity index (χ1n) is 10.8. The molecule has 0 spiro atoms. The van der Waals surface area contributed by atoms with Crippen LogP contribution in [0.2, 0.25) is 0 Å². The number of carbonyl (C=O) groups is 2. The van der Waals surface area contributed by atoms with E-state index in [-0.39, 0.29) is 11.8 Å². The maximum Gasteiger partial charge on any atom is 0.236 e. The maximum absolute atomic E-state index is 13.0. The van der Waals surface area contributed by atoms with E-state index in [2.05, 4.69) is 21.2 Å². The fourth-order valence-corrected chi connectivity index (χ4v) is 4.71. The molecule has 31 heavy (non-hydrogen) atoms. The van der Waals surface area contributed by atoms with Crippen molar-refractivity contribution < 1.29 is 18.7 Å². The predicted octanol–water partition coefficient (Wildman–Crippen LogP) is 1.35. The van der Waals surface area contributed by atoms with Gasteiger partial charge in [-0.3, -0.25) is 19.4 Å². The van der Waals surface area contributed by atoms with Crippen LogP contribution >= 0.6 is 11.3 Å². The van der Waals surface area contributed by atoms with Crippen molar-refractivity contribution in [3.8, 4) is 0 Å². The number of hydrogen-bond donors (Lipinski definition) is 0. The molecule has 0 N–H and O–H groups in total. The minimum atomic E-state index is 0.127. The zero-order valence-corrected chi connectivity index (χ0v) is 18.6. The molecule has 2 amide bonds. The molecule has 0 bridgehead atoms. The Balaban J connectivity index is 1.26. The number of piperazine rings is 1. The molecule has 2 aromatic rings. The lowest BCUT2D eigenvalue weighted by molar-refractivity contribution is -0.138. The molecule has 0 radical (unpaired) electrons. The zero-order valence-electron chi connectivity index (χ0n) is 17.8. The maximum atomic E-state index is 13.0. The summed E-state index contributed by atoms with van der Waals surface area (Å²) < 4.78 is 10.8. The van der Waals surface area contributed by atoms with Crippen molar-refractivity contribution in [2.45, 2.75) is 13.1 Å². The Morgan fingerprint density at radius 2 is 1.71 bits per heavy atom. The predicted molar refractivity (Wildman–Crippen MR) is 118 cm³/mol. The van der Waals surface area contributed by atoms with Gasteiger partial charge in [0.15, 0.2) is 0 Å². The van der Waals surface area contributed by atoms with E-state index in [9.17, 15) is 9.59 Å². The van der Waals surface area contributed by atoms with Gasteiger partial charge in [0.1, 0.15) is 5.76 Å². The third-order valence-electron chi connectivity index (χ3n) is 5.73. The first-order chi connectivity index (χ1) is 15.2. The number of hydrogen-bond acceptors (Lipinski definition) is 7. The molecular weight excluding hydrogens is 416 g/mol. The summed E-state index contributed by atoms with van der Waals surface area (Å²) in [5, 5.41) is 2.06. The summed E-state index contributed by atoms with van der Waals surface area (Å²) in [6, 6.07) is 7.94. The SMILES string of the molecule is O=C(CN1CCN(C(=O)CN(Cc2ccco2)Cc2cccs2)CC1)N1CCOCC1. The Labute approximate surface area is 186 Å². The van der Waals surface area contributed by atoms with Gasteiger partial charge in [0.2, 0.25) is 11.8 Å². The minimum absolute atomic E-state index is 0.127. The second-order valence-corrected chi connectivity index (χ2v) is 8.99. The van der Waals surface area contributed by atoms with E-state index in [0.717, 1.165) is 25.4 Å². The number of amides is 2. The summed E-state index contributed by atoms with van der Waals surface area (Å²) in [4.78, 5) is 34.7. The van der Waals surface area contributed by atoms with Gasteiger partial charge in [0, 0.05) is 50.7 Å². The van der Waals surface area contributed by atoms with E-state index >= 15 is 0 Å². The molecule has 2 aromatic heterocycles. The molecule has 0 aromatic carbocycles. The summed E-state index contributed by atoms with van der Waals surface area (Å²) in [5.41, 5.74) is 0. The largest absolute Gasteiger partial charge is 0.468 e. The highest BCUT2D eigenvalue weighted by atomic mass is 32.1. The minimum Gasteiger partial charge on any atom is -0.468 e. The van der Waals surface area contributed by atoms with Crippen LogP contribution in [-0.2, 0) is 27.4 Å². The molecule has 2 fully saturated rings. The van der Waals surface area contributed by atoms with Gasteiger partial charge in [-0.2, -0.15) is 0 Å². The van der Waals surface area contributed by atoms with Crippen molar-refractivity contribution in [3.63, 3.8) is 0 Å². The Bertz CT molecular complexity index is 776. The standard InChI is InChI=1S/C22H30N4O4S/c27-21(26-9-12-29-13-10-26)17-23-5-7-25(8-6-23)22(28)18-24(15-19-3-1-11-30-19)16-20-4-2-14-31-20/h1-4,11,14H,5-10,12-13,15-18H2. The monoisotopic (exact) mass is 446 g/mol. The second kappa shape index (κ2) is 10.9. The van der Waals surface area contributed by atoms with Crippen LogP contribution in [0.4, 0.5) is 0 Å². The Morgan fingerprint density at radius 1 is 0.935 bits per heavy atom. The molecule has 8 nitrogen and oxygen atoms in total. The summed E-state index contributed by atoms with van der Waals surface area (Å²) in [6.07, 6.45) is 1.66. The van der Waals surface area contributed by atoms with Crippen molar-refractivity contribution in [2.24, 2.45) is 0 Å². The summed E-state index contributed by atoms with van der Waals surface area (Å²) >= 11 is 1.70. The van der Waals surface area contributed by atoms with Crippen LogP contribution in [0.3, 0.4) is 0 Å². The molecule has 0 unspecified atom stereocenters. The molecule has 2 aliphatic rings. The van der Waals surface area contributed by atoms with Crippen molar-refractivity contribution in [3.05, 3.63) is 46.5 Å². The third-order valence-corrected chi connectivity index (χ3v) is 6.59. The Morgan fingerprint density at radius 3 is 2.39 bits per heavy atom. The molecule has 4 heterocycles. The number of thiophene rings is 1. The summed E-state index contributed by atoms with van der Waals surface area (Å²) in [5.74, 6) is 1.14. The van der Waals surface area contributed by atoms with E-state index in [4.69, 9.17) is 9.15 Å². The van der Waals surface area contributed by atoms with E-state index < -0.39 is 0 Å². The molecular formula is C22H30N4O4S. The number of morpholine rings is 1. The zero-order chi connectivity index (χ0) is 21.5. The van der Waals surface area contributed by atoms with Gasteiger partial charge in [-0.25, -0.2) is 0 Å². The summed E-state index contributed by atoms with van der Waals surface area (Å²) in [6.45, 7) is 7.45. The van der Waals surface area contributed by atoms with Gasteiger partial charge < -0.3 is 19.0 Å². The lowest BCUT2D eigenvalue weighted by atomic mass is 10.2. The van der Waals surface area contributed by atoms with Crippen molar-refractivity contribution in [1.82, 2.24) is 19.6 Å². The van der Waals surface area contributed by atoms with Crippen LogP contribution in [-0.4, -0.2) is 97.0 Å². The molecule has 0 aliphatic carbocycles. The number of ether oxygens (including phenoxy) is 1. The van der Waals surface area contributed by atoms with Crippen LogP contribution in [0.1, 0.15) is 10.6 Å². The number of carbonyl (C=O) groups excluding carboxylic acids is 2. The van der Waals surface area contributed by atoms with Gasteiger partial charge in [0.25, 0.3) is 0 Å². The Kier molecular flexibility index (Phi) is 7.74. The second-order valence-electron chi connectivity index (χ2n) is 7.95. The van der Waals surface area contributed by atoms with E-state index in [1.165, 1.54) is 4.88 Å². The van der Waals surface area contributed by atoms with Crippen LogP contribution in [0.5, 0.6) is 0 Å². The quantitative estimate of drug-likeness (QED) is 0.610. The smallest absolute Gasteiger partial charge is 0.236 e. The highest BCUT2D eigenvalue weighted by molar-refractivity contribution is 7.09.